The molecule has 5 aromatic heterocycles. The predicted molar refractivity (Wildman–Crippen MR) is 157 cm³/mol. The summed E-state index contributed by atoms with van der Waals surface area (Å²) < 4.78 is 7.84. The highest BCUT2D eigenvalue weighted by Gasteiger charge is 2.32. The topological polar surface area (TPSA) is 101 Å². The Morgan fingerprint density at radius 2 is 1.93 bits per heavy atom. The number of hydrogen-bond donors (Lipinski definition) is 1. The molecule has 40 heavy (non-hydrogen) atoms. The van der Waals surface area contributed by atoms with Gasteiger partial charge in [0.15, 0.2) is 0 Å². The van der Waals surface area contributed by atoms with Gasteiger partial charge in [-0.1, -0.05) is 13.8 Å². The van der Waals surface area contributed by atoms with E-state index in [1.54, 1.807) is 19.5 Å². The maximum Gasteiger partial charge on any atom is 0.206 e. The van der Waals surface area contributed by atoms with Gasteiger partial charge in [0, 0.05) is 50.5 Å². The number of aromatic amines is 1. The Kier molecular flexibility index (Phi) is 5.96. The lowest BCUT2D eigenvalue weighted by molar-refractivity contribution is 0.229. The average Bonchev–Trinajstić information content (AvgIpc) is 3.69. The van der Waals surface area contributed by atoms with Crippen molar-refractivity contribution >= 4 is 27.9 Å². The van der Waals surface area contributed by atoms with Crippen LogP contribution in [0.5, 0.6) is 5.75 Å². The second kappa shape index (κ2) is 9.55. The Hall–Kier alpha value is -4.05. The zero-order chi connectivity index (χ0) is 27.5. The van der Waals surface area contributed by atoms with E-state index in [0.29, 0.717) is 6.04 Å². The molecule has 0 saturated carbocycles. The number of ether oxygens (including phenoxy) is 1. The summed E-state index contributed by atoms with van der Waals surface area (Å²) in [5, 5.41) is 8.89. The van der Waals surface area contributed by atoms with Gasteiger partial charge in [-0.2, -0.15) is 5.10 Å². The van der Waals surface area contributed by atoms with Gasteiger partial charge in [-0.25, -0.2) is 9.97 Å². The van der Waals surface area contributed by atoms with Gasteiger partial charge in [0.05, 0.1) is 46.7 Å². The van der Waals surface area contributed by atoms with Crippen LogP contribution in [-0.2, 0) is 7.05 Å². The molecule has 2 aliphatic rings. The van der Waals surface area contributed by atoms with Gasteiger partial charge >= 0.3 is 0 Å². The standard InChI is InChI=1S/C30H35N9O/c1-17(2)26-29-24(37(4)30(34-29)39-12-11-38-10-6-7-19(38)16-39)14-23(33-26)28-20-13-22(32-18(3)27(20)35-36-28)21-15-31-9-8-25(21)40-5/h8-9,13-15,17,19H,6-7,10-12,16H2,1-5H3,(H,35,36)/t19-/m1/s1. The van der Waals surface area contributed by atoms with E-state index in [4.69, 9.17) is 19.7 Å². The smallest absolute Gasteiger partial charge is 0.206 e. The molecule has 206 valence electrons. The van der Waals surface area contributed by atoms with Crippen molar-refractivity contribution in [3.05, 3.63) is 42.0 Å². The van der Waals surface area contributed by atoms with E-state index >= 15 is 0 Å². The maximum atomic E-state index is 5.59. The molecule has 2 aliphatic heterocycles. The number of rotatable bonds is 5. The summed E-state index contributed by atoms with van der Waals surface area (Å²) in [6.45, 7) is 10.7. The van der Waals surface area contributed by atoms with Crippen LogP contribution < -0.4 is 9.64 Å². The molecule has 2 fully saturated rings. The minimum Gasteiger partial charge on any atom is -0.496 e. The monoisotopic (exact) mass is 537 g/mol. The van der Waals surface area contributed by atoms with E-state index < -0.39 is 0 Å². The fourth-order valence-corrected chi connectivity index (χ4v) is 6.44. The van der Waals surface area contributed by atoms with Gasteiger partial charge in [0.25, 0.3) is 0 Å². The second-order valence-corrected chi connectivity index (χ2v) is 11.3. The number of anilines is 1. The molecule has 7 heterocycles. The summed E-state index contributed by atoms with van der Waals surface area (Å²) in [5.41, 5.74) is 8.07. The number of aromatic nitrogens is 7. The fourth-order valence-electron chi connectivity index (χ4n) is 6.44. The van der Waals surface area contributed by atoms with Crippen molar-refractivity contribution in [3.8, 4) is 28.4 Å². The summed E-state index contributed by atoms with van der Waals surface area (Å²) in [5.74, 6) is 1.97. The lowest BCUT2D eigenvalue weighted by Crippen LogP contribution is -2.50. The molecular formula is C30H35N9O. The molecular weight excluding hydrogens is 502 g/mol. The number of methoxy groups -OCH3 is 1. The normalized spacial score (nSPS) is 17.9. The number of fused-ring (bicyclic) bond motifs is 3. The number of imidazole rings is 1. The van der Waals surface area contributed by atoms with Crippen LogP contribution >= 0.6 is 0 Å². The van der Waals surface area contributed by atoms with Gasteiger partial charge in [0.1, 0.15) is 16.8 Å². The number of nitrogens with zero attached hydrogens (tertiary/aromatic N) is 8. The van der Waals surface area contributed by atoms with Gasteiger partial charge in [-0.15, -0.1) is 0 Å². The van der Waals surface area contributed by atoms with Crippen LogP contribution in [0, 0.1) is 6.92 Å². The molecule has 10 heteroatoms. The molecule has 0 amide bonds. The molecule has 5 aromatic rings. The van der Waals surface area contributed by atoms with Crippen LogP contribution in [-0.4, -0.2) is 78.9 Å². The van der Waals surface area contributed by atoms with E-state index in [0.717, 1.165) is 87.3 Å². The first-order valence-electron chi connectivity index (χ1n) is 14.1. The minimum atomic E-state index is 0.213. The summed E-state index contributed by atoms with van der Waals surface area (Å²) in [7, 11) is 3.79. The van der Waals surface area contributed by atoms with Gasteiger partial charge in [-0.3, -0.25) is 20.0 Å². The van der Waals surface area contributed by atoms with E-state index in [2.05, 4.69) is 62.6 Å². The highest BCUT2D eigenvalue weighted by atomic mass is 16.5. The third-order valence-corrected chi connectivity index (χ3v) is 8.54. The van der Waals surface area contributed by atoms with Crippen molar-refractivity contribution in [3.63, 3.8) is 0 Å². The molecule has 0 bridgehead atoms. The predicted octanol–water partition coefficient (Wildman–Crippen LogP) is 4.69. The van der Waals surface area contributed by atoms with E-state index in [-0.39, 0.29) is 5.92 Å². The molecule has 0 unspecified atom stereocenters. The summed E-state index contributed by atoms with van der Waals surface area (Å²) in [6.07, 6.45) is 6.08. The molecule has 0 aromatic carbocycles. The average molecular weight is 538 g/mol. The van der Waals surface area contributed by atoms with Crippen LogP contribution in [0.3, 0.4) is 0 Å². The highest BCUT2D eigenvalue weighted by Crippen LogP contribution is 2.36. The molecule has 1 N–H and O–H groups in total. The minimum absolute atomic E-state index is 0.213. The van der Waals surface area contributed by atoms with Crippen molar-refractivity contribution < 1.29 is 4.74 Å². The maximum absolute atomic E-state index is 5.59. The first kappa shape index (κ1) is 25.0. The van der Waals surface area contributed by atoms with Crippen LogP contribution in [0.4, 0.5) is 5.95 Å². The Labute approximate surface area is 233 Å². The van der Waals surface area contributed by atoms with Gasteiger partial charge < -0.3 is 14.2 Å². The van der Waals surface area contributed by atoms with Crippen LogP contribution in [0.15, 0.2) is 30.6 Å². The zero-order valence-corrected chi connectivity index (χ0v) is 23.8. The fraction of sp³-hybridized carbons (Fsp3) is 0.433. The van der Waals surface area contributed by atoms with Crippen LogP contribution in [0.1, 0.15) is 44.0 Å². The summed E-state index contributed by atoms with van der Waals surface area (Å²) >= 11 is 0. The molecule has 10 nitrogen and oxygen atoms in total. The first-order chi connectivity index (χ1) is 19.4. The van der Waals surface area contributed by atoms with Gasteiger partial charge in [0.2, 0.25) is 5.95 Å². The second-order valence-electron chi connectivity index (χ2n) is 11.3. The summed E-state index contributed by atoms with van der Waals surface area (Å²) in [4.78, 5) is 24.6. The molecule has 1 atom stereocenters. The first-order valence-corrected chi connectivity index (χ1v) is 14.1. The third-order valence-electron chi connectivity index (χ3n) is 8.54. The largest absolute Gasteiger partial charge is 0.496 e. The number of aryl methyl sites for hydroxylation is 2. The van der Waals surface area contributed by atoms with Crippen molar-refractivity contribution in [2.45, 2.75) is 45.6 Å². The molecule has 7 rings (SSSR count). The number of nitrogens with one attached hydrogen (secondary N) is 1. The number of H-pyrrole nitrogens is 1. The third kappa shape index (κ3) is 3.92. The Bertz CT molecular complexity index is 1740. The van der Waals surface area contributed by atoms with Crippen LogP contribution in [0.25, 0.3) is 44.6 Å². The van der Waals surface area contributed by atoms with Crippen molar-refractivity contribution in [2.75, 3.05) is 38.2 Å². The quantitative estimate of drug-likeness (QED) is 0.345. The number of hydrogen-bond acceptors (Lipinski definition) is 8. The van der Waals surface area contributed by atoms with E-state index in [1.165, 1.54) is 19.4 Å². The van der Waals surface area contributed by atoms with Crippen molar-refractivity contribution in [1.82, 2.24) is 39.6 Å². The lowest BCUT2D eigenvalue weighted by Gasteiger charge is -2.37. The molecule has 0 aliphatic carbocycles. The van der Waals surface area contributed by atoms with Crippen molar-refractivity contribution in [1.29, 1.82) is 0 Å². The number of piperazine rings is 1. The van der Waals surface area contributed by atoms with Crippen LogP contribution in [0.2, 0.25) is 0 Å². The van der Waals surface area contributed by atoms with E-state index in [9.17, 15) is 0 Å². The summed E-state index contributed by atoms with van der Waals surface area (Å²) in [6, 6.07) is 6.69. The molecule has 0 spiro atoms. The Morgan fingerprint density at radius 3 is 2.75 bits per heavy atom. The molecule has 0 radical (unpaired) electrons. The SMILES string of the molecule is COc1ccncc1-c1cc2c(-c3cc4c(nc(N5CCN6CCC[C@@H]6C5)n4C)c(C(C)C)n3)[nH]nc2c(C)n1. The van der Waals surface area contributed by atoms with E-state index in [1.807, 2.05) is 13.0 Å². The Balaban J connectivity index is 1.37. The highest BCUT2D eigenvalue weighted by molar-refractivity contribution is 5.97. The van der Waals surface area contributed by atoms with Crippen molar-refractivity contribution in [2.24, 2.45) is 7.05 Å². The Morgan fingerprint density at radius 1 is 1.05 bits per heavy atom. The number of pyridine rings is 3. The molecule has 2 saturated heterocycles. The van der Waals surface area contributed by atoms with Gasteiger partial charge in [-0.05, 0) is 50.4 Å². The zero-order valence-electron chi connectivity index (χ0n) is 23.8. The lowest BCUT2D eigenvalue weighted by atomic mass is 10.0.